The van der Waals surface area contributed by atoms with Gasteiger partial charge in [0, 0.05) is 11.4 Å². The summed E-state index contributed by atoms with van der Waals surface area (Å²) in [5.74, 6) is 0.683. The van der Waals surface area contributed by atoms with Gasteiger partial charge in [0.25, 0.3) is 0 Å². The van der Waals surface area contributed by atoms with Gasteiger partial charge in [-0.05, 0) is 35.9 Å². The maximum Gasteiger partial charge on any atom is 0.226 e. The molecule has 0 aliphatic rings. The largest absolute Gasteiger partial charge is 0.497 e. The van der Waals surface area contributed by atoms with Gasteiger partial charge in [-0.25, -0.2) is 13.1 Å². The molecule has 146 valence electrons. The SMILES string of the molecule is COc1ccc([C@H](CC(=O)Nc2cc(Cl)ccc2OC)NS(C)(=O)=O)cc1. The lowest BCUT2D eigenvalue weighted by Crippen LogP contribution is -2.30. The van der Waals surface area contributed by atoms with E-state index in [0.717, 1.165) is 6.26 Å². The van der Waals surface area contributed by atoms with Crippen molar-refractivity contribution in [3.8, 4) is 11.5 Å². The van der Waals surface area contributed by atoms with Gasteiger partial charge in [-0.15, -0.1) is 0 Å². The Hall–Kier alpha value is -2.29. The number of halogens is 1. The van der Waals surface area contributed by atoms with E-state index >= 15 is 0 Å². The average Bonchev–Trinajstić information content (AvgIpc) is 2.60. The quantitative estimate of drug-likeness (QED) is 0.695. The lowest BCUT2D eigenvalue weighted by Gasteiger charge is -2.18. The average molecular weight is 413 g/mol. The van der Waals surface area contributed by atoms with Gasteiger partial charge in [-0.3, -0.25) is 4.79 Å². The molecule has 2 aromatic carbocycles. The van der Waals surface area contributed by atoms with E-state index in [-0.39, 0.29) is 6.42 Å². The Morgan fingerprint density at radius 1 is 1.11 bits per heavy atom. The van der Waals surface area contributed by atoms with Crippen LogP contribution < -0.4 is 19.5 Å². The van der Waals surface area contributed by atoms with Gasteiger partial charge < -0.3 is 14.8 Å². The molecule has 0 bridgehead atoms. The van der Waals surface area contributed by atoms with Crippen LogP contribution in [0.2, 0.25) is 5.02 Å². The third kappa shape index (κ3) is 6.42. The summed E-state index contributed by atoms with van der Waals surface area (Å²) in [6.07, 6.45) is 0.927. The van der Waals surface area contributed by atoms with Gasteiger partial charge in [-0.2, -0.15) is 0 Å². The fourth-order valence-electron chi connectivity index (χ4n) is 2.49. The van der Waals surface area contributed by atoms with Gasteiger partial charge in [0.15, 0.2) is 0 Å². The Morgan fingerprint density at radius 2 is 1.78 bits per heavy atom. The topological polar surface area (TPSA) is 93.7 Å². The first-order valence-electron chi connectivity index (χ1n) is 7.96. The molecule has 0 saturated heterocycles. The molecule has 0 aliphatic heterocycles. The molecular weight excluding hydrogens is 392 g/mol. The van der Waals surface area contributed by atoms with Crippen molar-refractivity contribution in [2.45, 2.75) is 12.5 Å². The number of hydrogen-bond acceptors (Lipinski definition) is 5. The minimum Gasteiger partial charge on any atom is -0.497 e. The van der Waals surface area contributed by atoms with Gasteiger partial charge in [0.2, 0.25) is 15.9 Å². The summed E-state index contributed by atoms with van der Waals surface area (Å²) < 4.78 is 36.2. The Bertz CT molecular complexity index is 900. The van der Waals surface area contributed by atoms with Crippen molar-refractivity contribution in [2.75, 3.05) is 25.8 Å². The van der Waals surface area contributed by atoms with E-state index in [1.165, 1.54) is 14.2 Å². The molecule has 7 nitrogen and oxygen atoms in total. The molecule has 0 radical (unpaired) electrons. The number of methoxy groups -OCH3 is 2. The standard InChI is InChI=1S/C18H21ClN2O5S/c1-25-14-7-4-12(5-8-14)15(21-27(3,23)24)11-18(22)20-16-10-13(19)6-9-17(16)26-2/h4-10,15,21H,11H2,1-3H3,(H,20,22)/t15-/m0/s1. The zero-order chi connectivity index (χ0) is 20.0. The van der Waals surface area contributed by atoms with Crippen molar-refractivity contribution >= 4 is 33.2 Å². The van der Waals surface area contributed by atoms with Crippen molar-refractivity contribution in [1.29, 1.82) is 0 Å². The van der Waals surface area contributed by atoms with E-state index in [9.17, 15) is 13.2 Å². The predicted octanol–water partition coefficient (Wildman–Crippen LogP) is 2.98. The molecule has 2 rings (SSSR count). The van der Waals surface area contributed by atoms with Crippen molar-refractivity contribution in [3.63, 3.8) is 0 Å². The molecular formula is C18H21ClN2O5S. The number of anilines is 1. The zero-order valence-corrected chi connectivity index (χ0v) is 16.7. The Labute approximate surface area is 163 Å². The molecule has 0 spiro atoms. The lowest BCUT2D eigenvalue weighted by atomic mass is 10.0. The molecule has 27 heavy (non-hydrogen) atoms. The number of carbonyl (C=O) groups is 1. The van der Waals surface area contributed by atoms with Crippen LogP contribution in [-0.4, -0.2) is 34.8 Å². The van der Waals surface area contributed by atoms with E-state index in [1.807, 2.05) is 0 Å². The molecule has 2 aromatic rings. The smallest absolute Gasteiger partial charge is 0.226 e. The summed E-state index contributed by atoms with van der Waals surface area (Å²) in [6, 6.07) is 10.9. The van der Waals surface area contributed by atoms with Crippen molar-refractivity contribution in [1.82, 2.24) is 4.72 Å². The Morgan fingerprint density at radius 3 is 2.33 bits per heavy atom. The molecule has 0 unspecified atom stereocenters. The van der Waals surface area contributed by atoms with Crippen LogP contribution in [0.5, 0.6) is 11.5 Å². The first kappa shape index (κ1) is 21.0. The van der Waals surface area contributed by atoms with Crippen LogP contribution in [-0.2, 0) is 14.8 Å². The number of sulfonamides is 1. The zero-order valence-electron chi connectivity index (χ0n) is 15.2. The fraction of sp³-hybridized carbons (Fsp3) is 0.278. The molecule has 0 aromatic heterocycles. The van der Waals surface area contributed by atoms with Gasteiger partial charge in [0.05, 0.1) is 32.2 Å². The molecule has 0 fully saturated rings. The van der Waals surface area contributed by atoms with Crippen LogP contribution >= 0.6 is 11.6 Å². The minimum absolute atomic E-state index is 0.116. The predicted molar refractivity (Wildman–Crippen MR) is 105 cm³/mol. The number of amides is 1. The Balaban J connectivity index is 2.21. The summed E-state index contributed by atoms with van der Waals surface area (Å²) in [5.41, 5.74) is 1.04. The highest BCUT2D eigenvalue weighted by Crippen LogP contribution is 2.28. The van der Waals surface area contributed by atoms with E-state index < -0.39 is 22.0 Å². The second kappa shape index (κ2) is 9.07. The highest BCUT2D eigenvalue weighted by molar-refractivity contribution is 7.88. The second-order valence-electron chi connectivity index (χ2n) is 5.81. The second-order valence-corrected chi connectivity index (χ2v) is 8.03. The van der Waals surface area contributed by atoms with E-state index in [2.05, 4.69) is 10.0 Å². The molecule has 0 heterocycles. The summed E-state index contributed by atoms with van der Waals surface area (Å²) in [4.78, 5) is 12.5. The third-order valence-corrected chi connectivity index (χ3v) is 4.65. The number of rotatable bonds is 8. The van der Waals surface area contributed by atoms with Crippen molar-refractivity contribution in [2.24, 2.45) is 0 Å². The highest BCUT2D eigenvalue weighted by atomic mass is 35.5. The molecule has 0 saturated carbocycles. The first-order valence-corrected chi connectivity index (χ1v) is 10.2. The highest BCUT2D eigenvalue weighted by Gasteiger charge is 2.21. The Kier molecular flexibility index (Phi) is 7.06. The monoisotopic (exact) mass is 412 g/mol. The molecule has 0 aliphatic carbocycles. The van der Waals surface area contributed by atoms with Crippen LogP contribution in [0.4, 0.5) is 5.69 Å². The van der Waals surface area contributed by atoms with Crippen molar-refractivity contribution < 1.29 is 22.7 Å². The molecule has 1 amide bonds. The number of ether oxygens (including phenoxy) is 2. The van der Waals surface area contributed by atoms with Gasteiger partial charge in [0.1, 0.15) is 11.5 Å². The number of hydrogen-bond donors (Lipinski definition) is 2. The van der Waals surface area contributed by atoms with Crippen LogP contribution in [0.3, 0.4) is 0 Å². The van der Waals surface area contributed by atoms with Crippen molar-refractivity contribution in [3.05, 3.63) is 53.1 Å². The third-order valence-electron chi connectivity index (χ3n) is 3.70. The summed E-state index contributed by atoms with van der Waals surface area (Å²) in [6.45, 7) is 0. The summed E-state index contributed by atoms with van der Waals surface area (Å²) in [5, 5.41) is 3.14. The van der Waals surface area contributed by atoms with E-state index in [4.69, 9.17) is 21.1 Å². The molecule has 2 N–H and O–H groups in total. The number of nitrogens with one attached hydrogen (secondary N) is 2. The maximum absolute atomic E-state index is 12.5. The molecule has 1 atom stereocenters. The van der Waals surface area contributed by atoms with Crippen LogP contribution in [0.25, 0.3) is 0 Å². The summed E-state index contributed by atoms with van der Waals surface area (Å²) in [7, 11) is -0.521. The van der Waals surface area contributed by atoms with E-state index in [0.29, 0.717) is 27.8 Å². The number of carbonyl (C=O) groups excluding carboxylic acids is 1. The fourth-order valence-corrected chi connectivity index (χ4v) is 3.40. The van der Waals surface area contributed by atoms with Crippen LogP contribution in [0.15, 0.2) is 42.5 Å². The summed E-state index contributed by atoms with van der Waals surface area (Å²) >= 11 is 5.96. The number of benzene rings is 2. The van der Waals surface area contributed by atoms with Gasteiger partial charge in [-0.1, -0.05) is 23.7 Å². The molecule has 9 heteroatoms. The normalized spacial score (nSPS) is 12.3. The first-order chi connectivity index (χ1) is 12.7. The van der Waals surface area contributed by atoms with Crippen LogP contribution in [0.1, 0.15) is 18.0 Å². The van der Waals surface area contributed by atoms with Gasteiger partial charge >= 0.3 is 0 Å². The minimum atomic E-state index is -3.53. The lowest BCUT2D eigenvalue weighted by molar-refractivity contribution is -0.116. The van der Waals surface area contributed by atoms with E-state index in [1.54, 1.807) is 42.5 Å². The van der Waals surface area contributed by atoms with Crippen LogP contribution in [0, 0.1) is 0 Å². The maximum atomic E-state index is 12.5.